The second-order valence-electron chi connectivity index (χ2n) is 5.74. The van der Waals surface area contributed by atoms with Crippen molar-refractivity contribution in [1.82, 2.24) is 10.0 Å². The molecule has 1 heterocycles. The van der Waals surface area contributed by atoms with Crippen molar-refractivity contribution >= 4 is 33.2 Å². The quantitative estimate of drug-likeness (QED) is 0.591. The van der Waals surface area contributed by atoms with Gasteiger partial charge in [0.15, 0.2) is 0 Å². The zero-order valence-corrected chi connectivity index (χ0v) is 15.8. The van der Waals surface area contributed by atoms with Crippen LogP contribution >= 0.6 is 11.3 Å². The first kappa shape index (κ1) is 20.1. The molecule has 7 nitrogen and oxygen atoms in total. The summed E-state index contributed by atoms with van der Waals surface area (Å²) >= 11 is 1.21. The van der Waals surface area contributed by atoms with Gasteiger partial charge in [-0.1, -0.05) is 30.3 Å². The molecule has 0 unspecified atom stereocenters. The van der Waals surface area contributed by atoms with Crippen LogP contribution < -0.4 is 10.0 Å². The second kappa shape index (κ2) is 8.93. The summed E-state index contributed by atoms with van der Waals surface area (Å²) < 4.78 is 24.5. The van der Waals surface area contributed by atoms with Crippen molar-refractivity contribution < 1.29 is 23.1 Å². The molecule has 0 bridgehead atoms. The summed E-state index contributed by atoms with van der Waals surface area (Å²) in [5.41, 5.74) is 0.818. The van der Waals surface area contributed by atoms with Gasteiger partial charge in [-0.15, -0.1) is 11.3 Å². The van der Waals surface area contributed by atoms with E-state index in [9.17, 15) is 23.1 Å². The van der Waals surface area contributed by atoms with Gasteiger partial charge in [0.05, 0.1) is 11.1 Å². The van der Waals surface area contributed by atoms with E-state index in [-0.39, 0.29) is 13.0 Å². The molecule has 0 aliphatic rings. The van der Waals surface area contributed by atoms with Gasteiger partial charge >= 0.3 is 5.97 Å². The Hall–Kier alpha value is -2.23. The van der Waals surface area contributed by atoms with Gasteiger partial charge in [0.2, 0.25) is 10.0 Å². The topological polar surface area (TPSA) is 113 Å². The number of carbonyl (C=O) groups excluding carboxylic acids is 1. The number of sulfonamides is 1. The average molecular weight is 396 g/mol. The van der Waals surface area contributed by atoms with E-state index >= 15 is 0 Å². The summed E-state index contributed by atoms with van der Waals surface area (Å²) in [4.78, 5) is 25.0. The van der Waals surface area contributed by atoms with Crippen LogP contribution in [0.3, 0.4) is 0 Å². The highest BCUT2D eigenvalue weighted by molar-refractivity contribution is 7.88. The number of amides is 1. The molecule has 9 heteroatoms. The number of hydrogen-bond acceptors (Lipinski definition) is 5. The van der Waals surface area contributed by atoms with Crippen molar-refractivity contribution in [2.24, 2.45) is 0 Å². The number of carboxylic acid groups (broad SMARTS) is 1. The molecule has 0 aliphatic carbocycles. The smallest absolute Gasteiger partial charge is 0.326 e. The van der Waals surface area contributed by atoms with E-state index in [1.807, 2.05) is 18.2 Å². The Morgan fingerprint density at radius 3 is 2.46 bits per heavy atom. The molecule has 0 fully saturated rings. The molecule has 3 N–H and O–H groups in total. The van der Waals surface area contributed by atoms with E-state index in [0.717, 1.165) is 16.7 Å². The molecule has 2 rings (SSSR count). The fourth-order valence-electron chi connectivity index (χ4n) is 2.27. The lowest BCUT2D eigenvalue weighted by Crippen LogP contribution is -2.42. The monoisotopic (exact) mass is 396 g/mol. The molecule has 0 saturated heterocycles. The molecule has 1 aromatic carbocycles. The Balaban J connectivity index is 1.96. The lowest BCUT2D eigenvalue weighted by molar-refractivity contribution is -0.139. The minimum atomic E-state index is -3.25. The SMILES string of the molecule is CS(=O)(=O)NCCc1ccc(C(=O)N[C@@H](Cc2ccccc2)C(=O)O)s1. The maximum atomic E-state index is 12.3. The number of carbonyl (C=O) groups is 2. The zero-order valence-electron chi connectivity index (χ0n) is 14.1. The lowest BCUT2D eigenvalue weighted by atomic mass is 10.1. The highest BCUT2D eigenvalue weighted by Gasteiger charge is 2.22. The van der Waals surface area contributed by atoms with E-state index in [1.165, 1.54) is 11.3 Å². The number of benzene rings is 1. The van der Waals surface area contributed by atoms with Gasteiger partial charge in [-0.3, -0.25) is 4.79 Å². The molecule has 1 atom stereocenters. The van der Waals surface area contributed by atoms with Crippen molar-refractivity contribution in [2.75, 3.05) is 12.8 Å². The molecule has 26 heavy (non-hydrogen) atoms. The van der Waals surface area contributed by atoms with Crippen molar-refractivity contribution in [1.29, 1.82) is 0 Å². The van der Waals surface area contributed by atoms with Gasteiger partial charge < -0.3 is 10.4 Å². The Bertz CT molecular complexity index is 862. The largest absolute Gasteiger partial charge is 0.480 e. The summed E-state index contributed by atoms with van der Waals surface area (Å²) in [6.45, 7) is 0.242. The van der Waals surface area contributed by atoms with Crippen molar-refractivity contribution in [3.8, 4) is 0 Å². The summed E-state index contributed by atoms with van der Waals surface area (Å²) in [6, 6.07) is 11.4. The standard InChI is InChI=1S/C17H20N2O5S2/c1-26(23,24)18-10-9-13-7-8-15(25-13)16(20)19-14(17(21)22)11-12-5-3-2-4-6-12/h2-8,14,18H,9-11H2,1H3,(H,19,20)(H,21,22)/t14-/m0/s1. The highest BCUT2D eigenvalue weighted by Crippen LogP contribution is 2.17. The Morgan fingerprint density at radius 1 is 1.15 bits per heavy atom. The molecule has 0 radical (unpaired) electrons. The van der Waals surface area contributed by atoms with Crippen LogP contribution in [0.2, 0.25) is 0 Å². The van der Waals surface area contributed by atoms with Crippen LogP contribution in [-0.2, 0) is 27.7 Å². The van der Waals surface area contributed by atoms with Crippen molar-refractivity contribution in [3.63, 3.8) is 0 Å². The maximum Gasteiger partial charge on any atom is 0.326 e. The molecule has 0 spiro atoms. The number of rotatable bonds is 9. The van der Waals surface area contributed by atoms with Gasteiger partial charge in [-0.05, 0) is 24.1 Å². The minimum Gasteiger partial charge on any atom is -0.480 e. The fraction of sp³-hybridized carbons (Fsp3) is 0.294. The third kappa shape index (κ3) is 6.58. The molecule has 0 saturated carbocycles. The van der Waals surface area contributed by atoms with E-state index in [2.05, 4.69) is 10.0 Å². The molecule has 0 aliphatic heterocycles. The third-order valence-corrected chi connectivity index (χ3v) is 5.38. The van der Waals surface area contributed by atoms with Crippen LogP contribution in [0, 0.1) is 0 Å². The molecule has 1 aromatic heterocycles. The summed E-state index contributed by atoms with van der Waals surface area (Å²) in [6.07, 6.45) is 1.73. The van der Waals surface area contributed by atoms with Gasteiger partial charge in [-0.2, -0.15) is 0 Å². The predicted octanol–water partition coefficient (Wildman–Crippen LogP) is 1.27. The van der Waals surface area contributed by atoms with E-state index in [4.69, 9.17) is 0 Å². The first-order chi connectivity index (χ1) is 12.2. The molecule has 140 valence electrons. The highest BCUT2D eigenvalue weighted by atomic mass is 32.2. The number of thiophene rings is 1. The van der Waals surface area contributed by atoms with E-state index in [1.54, 1.807) is 24.3 Å². The zero-order chi connectivity index (χ0) is 19.2. The maximum absolute atomic E-state index is 12.3. The van der Waals surface area contributed by atoms with E-state index < -0.39 is 27.9 Å². The molecule has 2 aromatic rings. The number of hydrogen-bond donors (Lipinski definition) is 3. The first-order valence-electron chi connectivity index (χ1n) is 7.85. The summed E-state index contributed by atoms with van der Waals surface area (Å²) in [5, 5.41) is 11.9. The predicted molar refractivity (Wildman–Crippen MR) is 99.9 cm³/mol. The fourth-order valence-corrected chi connectivity index (χ4v) is 3.66. The molecular formula is C17H20N2O5S2. The summed E-state index contributed by atoms with van der Waals surface area (Å²) in [7, 11) is -3.25. The van der Waals surface area contributed by atoms with Gasteiger partial charge in [0, 0.05) is 17.8 Å². The van der Waals surface area contributed by atoms with Gasteiger partial charge in [-0.25, -0.2) is 17.9 Å². The van der Waals surface area contributed by atoms with Gasteiger partial charge in [0.25, 0.3) is 5.91 Å². The molecular weight excluding hydrogens is 376 g/mol. The molecule has 1 amide bonds. The number of carboxylic acids is 1. The van der Waals surface area contributed by atoms with Gasteiger partial charge in [0.1, 0.15) is 6.04 Å². The summed E-state index contributed by atoms with van der Waals surface area (Å²) in [5.74, 6) is -1.56. The minimum absolute atomic E-state index is 0.193. The van der Waals surface area contributed by atoms with Crippen LogP contribution in [0.5, 0.6) is 0 Å². The first-order valence-corrected chi connectivity index (χ1v) is 10.6. The van der Waals surface area contributed by atoms with Crippen LogP contribution in [-0.4, -0.2) is 44.2 Å². The Morgan fingerprint density at radius 2 is 1.85 bits per heavy atom. The third-order valence-electron chi connectivity index (χ3n) is 3.51. The number of aliphatic carboxylic acids is 1. The van der Waals surface area contributed by atoms with Crippen LogP contribution in [0.15, 0.2) is 42.5 Å². The Kier molecular flexibility index (Phi) is 6.90. The normalized spacial score (nSPS) is 12.5. The van der Waals surface area contributed by atoms with Crippen LogP contribution in [0.25, 0.3) is 0 Å². The Labute approximate surface area is 156 Å². The second-order valence-corrected chi connectivity index (χ2v) is 8.74. The van der Waals surface area contributed by atoms with Crippen LogP contribution in [0.4, 0.5) is 0 Å². The van der Waals surface area contributed by atoms with E-state index in [0.29, 0.717) is 11.3 Å². The van der Waals surface area contributed by atoms with Crippen molar-refractivity contribution in [2.45, 2.75) is 18.9 Å². The van der Waals surface area contributed by atoms with Crippen LogP contribution in [0.1, 0.15) is 20.1 Å². The average Bonchev–Trinajstić information content (AvgIpc) is 3.03. The van der Waals surface area contributed by atoms with Crippen molar-refractivity contribution in [3.05, 3.63) is 57.8 Å². The number of nitrogens with one attached hydrogen (secondary N) is 2. The lowest BCUT2D eigenvalue weighted by Gasteiger charge is -2.14.